The van der Waals surface area contributed by atoms with Crippen LogP contribution in [-0.2, 0) is 4.87 Å². The first-order chi connectivity index (χ1) is 9.05. The Hall–Kier alpha value is -1.64. The van der Waals surface area contributed by atoms with Crippen LogP contribution in [0.1, 0.15) is 26.3 Å². The van der Waals surface area contributed by atoms with Crippen molar-refractivity contribution in [2.45, 2.75) is 4.87 Å². The van der Waals surface area contributed by atoms with Gasteiger partial charge in [0.25, 0.3) is 0 Å². The lowest BCUT2D eigenvalue weighted by Crippen LogP contribution is -2.31. The summed E-state index contributed by atoms with van der Waals surface area (Å²) in [4.78, 5) is 23.2. The van der Waals surface area contributed by atoms with Crippen LogP contribution in [0, 0.1) is 0 Å². The summed E-state index contributed by atoms with van der Waals surface area (Å²) in [6.45, 7) is 0. The maximum atomic E-state index is 12.4. The van der Waals surface area contributed by atoms with Crippen molar-refractivity contribution in [1.82, 2.24) is 0 Å². The molecule has 0 saturated carbocycles. The molecule has 0 radical (unpaired) electrons. The first-order valence-electron chi connectivity index (χ1n) is 5.68. The van der Waals surface area contributed by atoms with Crippen LogP contribution in [0.5, 0.6) is 0 Å². The fourth-order valence-electron chi connectivity index (χ4n) is 2.32. The number of carbonyl (C=O) groups excluding carboxylic acids is 2. The molecule has 94 valence electrons. The highest BCUT2D eigenvalue weighted by atomic mass is 35.5. The Balaban J connectivity index is 2.23. The lowest BCUT2D eigenvalue weighted by molar-refractivity contribution is 0.0861. The highest BCUT2D eigenvalue weighted by Crippen LogP contribution is 2.43. The van der Waals surface area contributed by atoms with E-state index < -0.39 is 16.4 Å². The van der Waals surface area contributed by atoms with Crippen molar-refractivity contribution in [1.29, 1.82) is 0 Å². The maximum Gasteiger partial charge on any atom is 0.196 e. The van der Waals surface area contributed by atoms with E-state index in [1.807, 2.05) is 0 Å². The van der Waals surface area contributed by atoms with Crippen LogP contribution in [0.4, 0.5) is 0 Å². The second-order valence-corrected chi connectivity index (χ2v) is 5.38. The van der Waals surface area contributed by atoms with E-state index in [0.29, 0.717) is 21.7 Å². The molecule has 0 atom stereocenters. The van der Waals surface area contributed by atoms with Crippen molar-refractivity contribution < 1.29 is 9.59 Å². The average molecular weight is 291 g/mol. The zero-order valence-electron chi connectivity index (χ0n) is 9.69. The third-order valence-electron chi connectivity index (χ3n) is 3.26. The van der Waals surface area contributed by atoms with Gasteiger partial charge in [0.15, 0.2) is 16.4 Å². The van der Waals surface area contributed by atoms with Crippen LogP contribution in [0.15, 0.2) is 48.5 Å². The van der Waals surface area contributed by atoms with Gasteiger partial charge >= 0.3 is 0 Å². The van der Waals surface area contributed by atoms with Gasteiger partial charge in [0.1, 0.15) is 0 Å². The number of benzene rings is 2. The highest BCUT2D eigenvalue weighted by molar-refractivity contribution is 6.54. The minimum atomic E-state index is -1.69. The quantitative estimate of drug-likeness (QED) is 0.590. The van der Waals surface area contributed by atoms with Gasteiger partial charge in [0, 0.05) is 16.1 Å². The molecule has 0 heterocycles. The van der Waals surface area contributed by atoms with E-state index >= 15 is 0 Å². The first kappa shape index (κ1) is 12.4. The second-order valence-electron chi connectivity index (χ2n) is 4.37. The van der Waals surface area contributed by atoms with Gasteiger partial charge in [-0.05, 0) is 17.7 Å². The minimum Gasteiger partial charge on any atom is -0.291 e. The molecule has 3 rings (SSSR count). The number of alkyl halides is 1. The minimum absolute atomic E-state index is 0.363. The predicted molar refractivity (Wildman–Crippen MR) is 74.1 cm³/mol. The SMILES string of the molecule is O=C1c2ccccc2C(=O)C1(Cl)c1cccc(Cl)c1. The predicted octanol–water partition coefficient (Wildman–Crippen LogP) is 3.85. The molecule has 2 aromatic carbocycles. The number of halogens is 2. The van der Waals surface area contributed by atoms with Crippen molar-refractivity contribution in [2.24, 2.45) is 0 Å². The molecule has 0 saturated heterocycles. The fraction of sp³-hybridized carbons (Fsp3) is 0.0667. The molecule has 0 unspecified atom stereocenters. The molecule has 19 heavy (non-hydrogen) atoms. The standard InChI is InChI=1S/C15H8Cl2O2/c16-10-5-3-4-9(8-10)15(17)13(18)11-6-1-2-7-12(11)14(15)19/h1-8H. The molecule has 0 bridgehead atoms. The summed E-state index contributed by atoms with van der Waals surface area (Å²) in [5, 5.41) is 0.439. The molecule has 2 aromatic rings. The lowest BCUT2D eigenvalue weighted by atomic mass is 9.93. The largest absolute Gasteiger partial charge is 0.291 e. The Morgan fingerprint density at radius 2 is 1.42 bits per heavy atom. The van der Waals surface area contributed by atoms with Crippen molar-refractivity contribution in [3.63, 3.8) is 0 Å². The maximum absolute atomic E-state index is 12.4. The molecule has 1 aliphatic rings. The molecule has 4 heteroatoms. The summed E-state index contributed by atoms with van der Waals surface area (Å²) < 4.78 is 0. The Bertz CT molecular complexity index is 672. The summed E-state index contributed by atoms with van der Waals surface area (Å²) >= 11 is 12.3. The van der Waals surface area contributed by atoms with E-state index in [1.54, 1.807) is 48.5 Å². The molecule has 0 spiro atoms. The van der Waals surface area contributed by atoms with Crippen molar-refractivity contribution in [2.75, 3.05) is 0 Å². The molecule has 0 fully saturated rings. The average Bonchev–Trinajstić information content (AvgIpc) is 2.63. The van der Waals surface area contributed by atoms with Gasteiger partial charge in [-0.15, -0.1) is 0 Å². The molecular weight excluding hydrogens is 283 g/mol. The van der Waals surface area contributed by atoms with E-state index in [9.17, 15) is 9.59 Å². The van der Waals surface area contributed by atoms with Gasteiger partial charge in [-0.25, -0.2) is 0 Å². The number of carbonyl (C=O) groups is 2. The monoisotopic (exact) mass is 290 g/mol. The molecule has 0 aliphatic heterocycles. The van der Waals surface area contributed by atoms with Crippen LogP contribution in [-0.4, -0.2) is 11.6 Å². The zero-order chi connectivity index (χ0) is 13.6. The summed E-state index contributed by atoms with van der Waals surface area (Å²) in [5.41, 5.74) is 1.14. The number of fused-ring (bicyclic) bond motifs is 1. The number of hydrogen-bond donors (Lipinski definition) is 0. The van der Waals surface area contributed by atoms with Gasteiger partial charge in [-0.1, -0.05) is 59.6 Å². The molecule has 0 amide bonds. The third-order valence-corrected chi connectivity index (χ3v) is 4.06. The van der Waals surface area contributed by atoms with E-state index in [-0.39, 0.29) is 0 Å². The third kappa shape index (κ3) is 1.64. The summed E-state index contributed by atoms with van der Waals surface area (Å²) in [7, 11) is 0. The fourth-order valence-corrected chi connectivity index (χ4v) is 2.83. The van der Waals surface area contributed by atoms with E-state index in [2.05, 4.69) is 0 Å². The van der Waals surface area contributed by atoms with Crippen LogP contribution in [0.3, 0.4) is 0 Å². The Labute approximate surface area is 120 Å². The lowest BCUT2D eigenvalue weighted by Gasteiger charge is -2.18. The number of rotatable bonds is 1. The molecular formula is C15H8Cl2O2. The first-order valence-corrected chi connectivity index (χ1v) is 6.44. The van der Waals surface area contributed by atoms with Crippen molar-refractivity contribution >= 4 is 34.8 Å². The van der Waals surface area contributed by atoms with E-state index in [1.165, 1.54) is 0 Å². The van der Waals surface area contributed by atoms with E-state index in [4.69, 9.17) is 23.2 Å². The normalized spacial score (nSPS) is 16.5. The molecule has 0 N–H and O–H groups in total. The van der Waals surface area contributed by atoms with E-state index in [0.717, 1.165) is 0 Å². The number of hydrogen-bond acceptors (Lipinski definition) is 2. The zero-order valence-corrected chi connectivity index (χ0v) is 11.2. The molecule has 1 aliphatic carbocycles. The van der Waals surface area contributed by atoms with Crippen molar-refractivity contribution in [3.05, 3.63) is 70.2 Å². The second kappa shape index (κ2) is 4.19. The van der Waals surface area contributed by atoms with Crippen LogP contribution in [0.25, 0.3) is 0 Å². The van der Waals surface area contributed by atoms with Gasteiger partial charge in [-0.3, -0.25) is 9.59 Å². The Morgan fingerprint density at radius 3 is 1.95 bits per heavy atom. The van der Waals surface area contributed by atoms with Crippen LogP contribution >= 0.6 is 23.2 Å². The van der Waals surface area contributed by atoms with Crippen LogP contribution < -0.4 is 0 Å². The van der Waals surface area contributed by atoms with Gasteiger partial charge in [0.05, 0.1) is 0 Å². The Kier molecular flexibility index (Phi) is 2.73. The van der Waals surface area contributed by atoms with Crippen LogP contribution in [0.2, 0.25) is 5.02 Å². The molecule has 2 nitrogen and oxygen atoms in total. The Morgan fingerprint density at radius 1 is 0.842 bits per heavy atom. The summed E-state index contributed by atoms with van der Waals surface area (Å²) in [5.74, 6) is -0.783. The summed E-state index contributed by atoms with van der Waals surface area (Å²) in [6.07, 6.45) is 0. The number of ketones is 2. The highest BCUT2D eigenvalue weighted by Gasteiger charge is 2.52. The van der Waals surface area contributed by atoms with Gasteiger partial charge in [-0.2, -0.15) is 0 Å². The topological polar surface area (TPSA) is 34.1 Å². The smallest absolute Gasteiger partial charge is 0.196 e. The van der Waals surface area contributed by atoms with Gasteiger partial charge < -0.3 is 0 Å². The summed E-state index contributed by atoms with van der Waals surface area (Å²) in [6, 6.07) is 13.2. The number of Topliss-reactive ketones (excluding diaryl/α,β-unsaturated/α-hetero) is 2. The van der Waals surface area contributed by atoms with Crippen molar-refractivity contribution in [3.8, 4) is 0 Å². The van der Waals surface area contributed by atoms with Gasteiger partial charge in [0.2, 0.25) is 0 Å². The molecule has 0 aromatic heterocycles.